The Morgan fingerprint density at radius 2 is 1.90 bits per heavy atom. The number of carbonyl (C=O) groups excluding carboxylic acids is 1. The molecule has 1 atom stereocenters. The average molecular weight is 419 g/mol. The molecular formula is C25H30N4O2. The Balaban J connectivity index is 1.23. The first-order valence-electron chi connectivity index (χ1n) is 11.5. The van der Waals surface area contributed by atoms with E-state index in [2.05, 4.69) is 21.5 Å². The lowest BCUT2D eigenvalue weighted by atomic mass is 9.95. The number of carbonyl (C=O) groups is 1. The Labute approximate surface area is 182 Å². The number of hydrogen-bond donors (Lipinski definition) is 3. The van der Waals surface area contributed by atoms with Crippen molar-refractivity contribution in [3.8, 4) is 11.5 Å². The average Bonchev–Trinajstić information content (AvgIpc) is 3.54. The quantitative estimate of drug-likeness (QED) is 0.525. The van der Waals surface area contributed by atoms with Crippen molar-refractivity contribution >= 4 is 16.9 Å². The van der Waals surface area contributed by atoms with Gasteiger partial charge in [-0.15, -0.1) is 0 Å². The van der Waals surface area contributed by atoms with Crippen LogP contribution in [-0.2, 0) is 11.2 Å². The molecule has 5 rings (SSSR count). The summed E-state index contributed by atoms with van der Waals surface area (Å²) >= 11 is 0. The minimum Gasteiger partial charge on any atom is -0.457 e. The van der Waals surface area contributed by atoms with Crippen LogP contribution in [0, 0.1) is 0 Å². The van der Waals surface area contributed by atoms with Crippen LogP contribution in [0.3, 0.4) is 0 Å². The Morgan fingerprint density at radius 3 is 2.65 bits per heavy atom. The summed E-state index contributed by atoms with van der Waals surface area (Å²) in [4.78, 5) is 20.1. The number of nitrogens with zero attached hydrogens (tertiary/aromatic N) is 1. The summed E-state index contributed by atoms with van der Waals surface area (Å²) in [5.74, 6) is 2.15. The van der Waals surface area contributed by atoms with Crippen LogP contribution in [0.1, 0.15) is 62.0 Å². The van der Waals surface area contributed by atoms with Gasteiger partial charge >= 0.3 is 0 Å². The number of amides is 1. The van der Waals surface area contributed by atoms with Gasteiger partial charge in [0.1, 0.15) is 17.1 Å². The predicted molar refractivity (Wildman–Crippen MR) is 121 cm³/mol. The maximum atomic E-state index is 12.4. The molecule has 162 valence electrons. The van der Waals surface area contributed by atoms with E-state index >= 15 is 0 Å². The van der Waals surface area contributed by atoms with Crippen molar-refractivity contribution in [1.82, 2.24) is 15.3 Å². The van der Waals surface area contributed by atoms with Crippen molar-refractivity contribution in [2.45, 2.75) is 69.4 Å². The van der Waals surface area contributed by atoms with E-state index in [1.807, 2.05) is 30.3 Å². The lowest BCUT2D eigenvalue weighted by Gasteiger charge is -2.24. The van der Waals surface area contributed by atoms with Gasteiger partial charge in [0, 0.05) is 18.4 Å². The molecule has 2 heterocycles. The molecular weight excluding hydrogens is 388 g/mol. The van der Waals surface area contributed by atoms with E-state index in [1.54, 1.807) is 6.20 Å². The SMILES string of the molecule is N[C@@H](Cc1ccc(Oc2ccnc3[nH]cc(C4CC4)c23)cc1)C(=O)NC1CCCCC1. The molecule has 0 saturated heterocycles. The van der Waals surface area contributed by atoms with Crippen molar-refractivity contribution < 1.29 is 9.53 Å². The summed E-state index contributed by atoms with van der Waals surface area (Å²) in [6.07, 6.45) is 12.6. The van der Waals surface area contributed by atoms with Gasteiger partial charge < -0.3 is 20.8 Å². The van der Waals surface area contributed by atoms with Gasteiger partial charge in [-0.2, -0.15) is 0 Å². The summed E-state index contributed by atoms with van der Waals surface area (Å²) in [7, 11) is 0. The number of hydrogen-bond acceptors (Lipinski definition) is 4. The number of nitrogens with two attached hydrogens (primary N) is 1. The maximum Gasteiger partial charge on any atom is 0.237 e. The van der Waals surface area contributed by atoms with E-state index in [0.29, 0.717) is 12.3 Å². The van der Waals surface area contributed by atoms with Crippen LogP contribution in [0.15, 0.2) is 42.7 Å². The molecule has 0 radical (unpaired) electrons. The Kier molecular flexibility index (Phi) is 5.64. The first-order chi connectivity index (χ1) is 15.2. The topological polar surface area (TPSA) is 93.0 Å². The standard InChI is InChI=1S/C25H30N4O2/c26-21(25(30)29-18-4-2-1-3-5-18)14-16-6-10-19(11-7-16)31-22-12-13-27-24-23(22)20(15-28-24)17-8-9-17/h6-7,10-13,15,17-18,21H,1-5,8-9,14,26H2,(H,27,28)(H,29,30)/t21-/m0/s1. The molecule has 0 spiro atoms. The van der Waals surface area contributed by atoms with E-state index in [1.165, 1.54) is 37.7 Å². The molecule has 2 fully saturated rings. The van der Waals surface area contributed by atoms with Gasteiger partial charge in [-0.05, 0) is 67.3 Å². The molecule has 2 aliphatic carbocycles. The number of ether oxygens (including phenoxy) is 1. The van der Waals surface area contributed by atoms with Gasteiger partial charge in [0.15, 0.2) is 0 Å². The molecule has 2 aliphatic rings. The summed E-state index contributed by atoms with van der Waals surface area (Å²) in [6.45, 7) is 0. The second-order valence-electron chi connectivity index (χ2n) is 8.95. The van der Waals surface area contributed by atoms with E-state index < -0.39 is 6.04 Å². The van der Waals surface area contributed by atoms with Gasteiger partial charge in [-0.3, -0.25) is 4.79 Å². The highest BCUT2D eigenvalue weighted by Crippen LogP contribution is 2.45. The highest BCUT2D eigenvalue weighted by atomic mass is 16.5. The number of benzene rings is 1. The summed E-state index contributed by atoms with van der Waals surface area (Å²) < 4.78 is 6.21. The lowest BCUT2D eigenvalue weighted by molar-refractivity contribution is -0.123. The molecule has 0 bridgehead atoms. The van der Waals surface area contributed by atoms with E-state index in [-0.39, 0.29) is 11.9 Å². The molecule has 6 nitrogen and oxygen atoms in total. The molecule has 0 aliphatic heterocycles. The Hall–Kier alpha value is -2.86. The number of aromatic nitrogens is 2. The number of pyridine rings is 1. The van der Waals surface area contributed by atoms with Crippen molar-refractivity contribution in [3.63, 3.8) is 0 Å². The minimum atomic E-state index is -0.533. The molecule has 31 heavy (non-hydrogen) atoms. The smallest absolute Gasteiger partial charge is 0.237 e. The fourth-order valence-corrected chi connectivity index (χ4v) is 4.57. The number of H-pyrrole nitrogens is 1. The normalized spacial score (nSPS) is 18.1. The van der Waals surface area contributed by atoms with Crippen molar-refractivity contribution in [3.05, 3.63) is 53.9 Å². The molecule has 2 saturated carbocycles. The third-order valence-corrected chi connectivity index (χ3v) is 6.48. The first kappa shape index (κ1) is 20.1. The van der Waals surface area contributed by atoms with E-state index in [0.717, 1.165) is 40.9 Å². The molecule has 6 heteroatoms. The number of rotatable bonds is 7. The third kappa shape index (κ3) is 4.59. The summed E-state index contributed by atoms with van der Waals surface area (Å²) in [5.41, 5.74) is 9.36. The lowest BCUT2D eigenvalue weighted by Crippen LogP contribution is -2.46. The molecule has 4 N–H and O–H groups in total. The van der Waals surface area contributed by atoms with Crippen molar-refractivity contribution in [1.29, 1.82) is 0 Å². The molecule has 1 amide bonds. The fraction of sp³-hybridized carbons (Fsp3) is 0.440. The van der Waals surface area contributed by atoms with Crippen LogP contribution in [0.2, 0.25) is 0 Å². The largest absolute Gasteiger partial charge is 0.457 e. The minimum absolute atomic E-state index is 0.0496. The highest BCUT2D eigenvalue weighted by molar-refractivity contribution is 5.87. The first-order valence-corrected chi connectivity index (χ1v) is 11.5. The molecule has 0 unspecified atom stereocenters. The van der Waals surface area contributed by atoms with E-state index in [9.17, 15) is 4.79 Å². The van der Waals surface area contributed by atoms with Crippen LogP contribution in [0.4, 0.5) is 0 Å². The summed E-state index contributed by atoms with van der Waals surface area (Å²) in [5, 5.41) is 4.20. The van der Waals surface area contributed by atoms with Gasteiger partial charge in [0.2, 0.25) is 5.91 Å². The zero-order chi connectivity index (χ0) is 21.2. The van der Waals surface area contributed by atoms with Gasteiger partial charge in [-0.25, -0.2) is 4.98 Å². The summed E-state index contributed by atoms with van der Waals surface area (Å²) in [6, 6.07) is 9.53. The van der Waals surface area contributed by atoms with Crippen LogP contribution in [0.5, 0.6) is 11.5 Å². The zero-order valence-electron chi connectivity index (χ0n) is 17.8. The monoisotopic (exact) mass is 418 g/mol. The molecule has 1 aromatic carbocycles. The number of fused-ring (bicyclic) bond motifs is 1. The number of nitrogens with one attached hydrogen (secondary N) is 2. The van der Waals surface area contributed by atoms with Crippen LogP contribution in [-0.4, -0.2) is 28.0 Å². The van der Waals surface area contributed by atoms with Crippen molar-refractivity contribution in [2.24, 2.45) is 5.73 Å². The van der Waals surface area contributed by atoms with Crippen LogP contribution < -0.4 is 15.8 Å². The van der Waals surface area contributed by atoms with E-state index in [4.69, 9.17) is 10.5 Å². The van der Waals surface area contributed by atoms with Gasteiger partial charge in [-0.1, -0.05) is 31.4 Å². The highest BCUT2D eigenvalue weighted by Gasteiger charge is 2.28. The second kappa shape index (κ2) is 8.71. The Bertz CT molecular complexity index is 1050. The molecule has 2 aromatic heterocycles. The zero-order valence-corrected chi connectivity index (χ0v) is 17.8. The number of aromatic amines is 1. The predicted octanol–water partition coefficient (Wildman–Crippen LogP) is 4.55. The second-order valence-corrected chi connectivity index (χ2v) is 8.95. The maximum absolute atomic E-state index is 12.4. The van der Waals surface area contributed by atoms with Crippen molar-refractivity contribution in [2.75, 3.05) is 0 Å². The Morgan fingerprint density at radius 1 is 1.13 bits per heavy atom. The van der Waals surface area contributed by atoms with Crippen LogP contribution >= 0.6 is 0 Å². The van der Waals surface area contributed by atoms with Crippen LogP contribution in [0.25, 0.3) is 11.0 Å². The van der Waals surface area contributed by atoms with Gasteiger partial charge in [0.05, 0.1) is 11.4 Å². The van der Waals surface area contributed by atoms with Gasteiger partial charge in [0.25, 0.3) is 0 Å². The third-order valence-electron chi connectivity index (χ3n) is 6.48. The fourth-order valence-electron chi connectivity index (χ4n) is 4.57. The molecule has 3 aromatic rings.